The molecule has 0 aliphatic heterocycles. The van der Waals surface area contributed by atoms with Gasteiger partial charge in [0.05, 0.1) is 20.8 Å². The normalized spacial score (nSPS) is 19.1. The van der Waals surface area contributed by atoms with Gasteiger partial charge in [0.15, 0.2) is 0 Å². The fraction of sp³-hybridized carbons (Fsp3) is 0.227. The predicted octanol–water partition coefficient (Wildman–Crippen LogP) is 10.9. The Morgan fingerprint density at radius 3 is 2.30 bits per heavy atom. The lowest BCUT2D eigenvalue weighted by atomic mass is 9.58. The number of unbranched alkanes of at least 4 members (excludes halogenated alkanes) is 3. The number of allylic oxidation sites excluding steroid dienone is 10. The molecule has 4 aromatic carbocycles. The first kappa shape index (κ1) is 29.4. The Morgan fingerprint density at radius 1 is 0.660 bits per heavy atom. The van der Waals surface area contributed by atoms with Gasteiger partial charge in [-0.15, -0.1) is 0 Å². The van der Waals surface area contributed by atoms with Crippen molar-refractivity contribution in [3.63, 3.8) is 0 Å². The molecule has 2 atom stereocenters. The van der Waals surface area contributed by atoms with E-state index in [-0.39, 0.29) is 11.8 Å². The molecular formula is C44H40O3. The van der Waals surface area contributed by atoms with Gasteiger partial charge in [-0.05, 0) is 86.0 Å². The number of rotatable bonds is 10. The average molecular weight is 617 g/mol. The Morgan fingerprint density at radius 2 is 1.47 bits per heavy atom. The van der Waals surface area contributed by atoms with E-state index in [9.17, 15) is 0 Å². The van der Waals surface area contributed by atoms with E-state index in [0.717, 1.165) is 46.8 Å². The van der Waals surface area contributed by atoms with Crippen LogP contribution in [0.25, 0.3) is 33.6 Å². The van der Waals surface area contributed by atoms with Crippen molar-refractivity contribution < 1.29 is 14.2 Å². The van der Waals surface area contributed by atoms with Crippen LogP contribution < -0.4 is 9.47 Å². The van der Waals surface area contributed by atoms with Gasteiger partial charge in [0.2, 0.25) is 0 Å². The van der Waals surface area contributed by atoms with Crippen molar-refractivity contribution >= 4 is 33.6 Å². The highest BCUT2D eigenvalue weighted by Crippen LogP contribution is 2.60. The zero-order valence-electron chi connectivity index (χ0n) is 27.4. The number of methoxy groups -OCH3 is 2. The van der Waals surface area contributed by atoms with Crippen LogP contribution in [0.15, 0.2) is 132 Å². The molecule has 3 heteroatoms. The summed E-state index contributed by atoms with van der Waals surface area (Å²) in [5, 5.41) is 2.34. The molecule has 47 heavy (non-hydrogen) atoms. The van der Waals surface area contributed by atoms with E-state index >= 15 is 0 Å². The lowest BCUT2D eigenvalue weighted by Crippen LogP contribution is -2.32. The SMILES string of the molecule is CCCCCCOc1ccc(C2=CC3=Cc4ccccc4C4=CC=C5C(c6c(OC)ccc7ccccc67)=C(OC)C=C2C5C34)cc1. The van der Waals surface area contributed by atoms with Crippen molar-refractivity contribution in [1.82, 2.24) is 0 Å². The van der Waals surface area contributed by atoms with E-state index in [0.29, 0.717) is 0 Å². The zero-order valence-corrected chi connectivity index (χ0v) is 27.4. The highest BCUT2D eigenvalue weighted by atomic mass is 16.5. The Hall–Kier alpha value is -5.02. The second-order valence-corrected chi connectivity index (χ2v) is 12.8. The molecule has 2 unspecified atom stereocenters. The Labute approximate surface area is 277 Å². The minimum absolute atomic E-state index is 0.127. The summed E-state index contributed by atoms with van der Waals surface area (Å²) in [6.45, 7) is 3.00. The molecule has 234 valence electrons. The maximum Gasteiger partial charge on any atom is 0.127 e. The standard InChI is InChI=1S/C44H40O3/c1-4-5-6-11-24-47-32-19-16-29(17-20-32)37-26-31-25-30-13-8-9-14-33(30)35-21-22-36-42(41(31)35)38(37)27-40(46-3)44(36)43-34-15-10-7-12-28(34)18-23-39(43)45-2/h7-10,12-23,25-27,41-42H,4-6,11,24H2,1-3H3. The van der Waals surface area contributed by atoms with E-state index in [2.05, 4.69) is 122 Å². The van der Waals surface area contributed by atoms with E-state index in [1.807, 2.05) is 0 Å². The third kappa shape index (κ3) is 4.97. The third-order valence-corrected chi connectivity index (χ3v) is 10.2. The Balaban J connectivity index is 1.31. The van der Waals surface area contributed by atoms with E-state index < -0.39 is 0 Å². The maximum absolute atomic E-state index is 6.30. The van der Waals surface area contributed by atoms with E-state index in [4.69, 9.17) is 14.2 Å². The molecule has 0 saturated carbocycles. The summed E-state index contributed by atoms with van der Waals surface area (Å²) in [5.41, 5.74) is 12.5. The molecule has 0 radical (unpaired) electrons. The van der Waals surface area contributed by atoms with Gasteiger partial charge >= 0.3 is 0 Å². The molecule has 0 N–H and O–H groups in total. The van der Waals surface area contributed by atoms with Crippen LogP contribution in [0, 0.1) is 11.8 Å². The van der Waals surface area contributed by atoms with Crippen molar-refractivity contribution in [1.29, 1.82) is 0 Å². The van der Waals surface area contributed by atoms with Gasteiger partial charge < -0.3 is 14.2 Å². The number of hydrogen-bond acceptors (Lipinski definition) is 3. The second-order valence-electron chi connectivity index (χ2n) is 12.8. The zero-order chi connectivity index (χ0) is 31.9. The van der Waals surface area contributed by atoms with Crippen LogP contribution in [0.5, 0.6) is 11.5 Å². The molecule has 4 aliphatic rings. The van der Waals surface area contributed by atoms with Crippen LogP contribution in [-0.4, -0.2) is 20.8 Å². The van der Waals surface area contributed by atoms with E-state index in [1.165, 1.54) is 69.2 Å². The molecule has 0 aromatic heterocycles. The molecule has 8 rings (SSSR count). The summed E-state index contributed by atoms with van der Waals surface area (Å²) in [7, 11) is 3.55. The van der Waals surface area contributed by atoms with E-state index in [1.54, 1.807) is 14.2 Å². The van der Waals surface area contributed by atoms with Crippen LogP contribution in [0.3, 0.4) is 0 Å². The van der Waals surface area contributed by atoms with Gasteiger partial charge in [0, 0.05) is 23.0 Å². The van der Waals surface area contributed by atoms with Gasteiger partial charge in [-0.1, -0.05) is 117 Å². The quantitative estimate of drug-likeness (QED) is 0.166. The molecule has 0 fully saturated rings. The third-order valence-electron chi connectivity index (χ3n) is 10.2. The first-order valence-corrected chi connectivity index (χ1v) is 16.9. The van der Waals surface area contributed by atoms with Gasteiger partial charge in [0.25, 0.3) is 0 Å². The van der Waals surface area contributed by atoms with Crippen LogP contribution in [-0.2, 0) is 4.74 Å². The first-order chi connectivity index (χ1) is 23.2. The fourth-order valence-electron chi connectivity index (χ4n) is 8.00. The molecular weight excluding hydrogens is 576 g/mol. The second kappa shape index (κ2) is 12.3. The minimum atomic E-state index is 0.127. The minimum Gasteiger partial charge on any atom is -0.496 e. The smallest absolute Gasteiger partial charge is 0.127 e. The average Bonchev–Trinajstić information content (AvgIpc) is 3.12. The van der Waals surface area contributed by atoms with Crippen molar-refractivity contribution in [2.45, 2.75) is 32.6 Å². The first-order valence-electron chi connectivity index (χ1n) is 16.9. The predicted molar refractivity (Wildman–Crippen MR) is 194 cm³/mol. The highest BCUT2D eigenvalue weighted by Gasteiger charge is 2.45. The van der Waals surface area contributed by atoms with Crippen molar-refractivity contribution in [2.24, 2.45) is 11.8 Å². The molecule has 0 heterocycles. The molecule has 0 saturated heterocycles. The molecule has 0 spiro atoms. The van der Waals surface area contributed by atoms with Crippen molar-refractivity contribution in [2.75, 3.05) is 20.8 Å². The summed E-state index contributed by atoms with van der Waals surface area (Å²) >= 11 is 0. The van der Waals surface area contributed by atoms with Crippen LogP contribution in [0.1, 0.15) is 54.9 Å². The molecule has 3 nitrogen and oxygen atoms in total. The fourth-order valence-corrected chi connectivity index (χ4v) is 8.00. The number of ether oxygens (including phenoxy) is 3. The number of benzene rings is 4. The highest BCUT2D eigenvalue weighted by molar-refractivity contribution is 6.05. The van der Waals surface area contributed by atoms with Gasteiger partial charge in [-0.25, -0.2) is 0 Å². The summed E-state index contributed by atoms with van der Waals surface area (Å²) in [4.78, 5) is 0. The largest absolute Gasteiger partial charge is 0.496 e. The van der Waals surface area contributed by atoms with Crippen LogP contribution in [0.2, 0.25) is 0 Å². The van der Waals surface area contributed by atoms with Gasteiger partial charge in [-0.2, -0.15) is 0 Å². The van der Waals surface area contributed by atoms with Crippen molar-refractivity contribution in [3.05, 3.63) is 154 Å². The number of fused-ring (bicyclic) bond motifs is 3. The topological polar surface area (TPSA) is 27.7 Å². The van der Waals surface area contributed by atoms with Gasteiger partial charge in [0.1, 0.15) is 17.3 Å². The monoisotopic (exact) mass is 616 g/mol. The molecule has 0 bridgehead atoms. The van der Waals surface area contributed by atoms with Crippen LogP contribution in [0.4, 0.5) is 0 Å². The summed E-state index contributed by atoms with van der Waals surface area (Å²) in [6.07, 6.45) is 16.6. The lowest BCUT2D eigenvalue weighted by molar-refractivity contribution is 0.305. The lowest BCUT2D eigenvalue weighted by Gasteiger charge is -2.45. The Bertz CT molecular complexity index is 2060. The Kier molecular flexibility index (Phi) is 7.69. The van der Waals surface area contributed by atoms with Crippen LogP contribution >= 0.6 is 0 Å². The maximum atomic E-state index is 6.30. The van der Waals surface area contributed by atoms with Gasteiger partial charge in [-0.3, -0.25) is 0 Å². The summed E-state index contributed by atoms with van der Waals surface area (Å²) < 4.78 is 18.5. The molecule has 4 aromatic rings. The molecule has 0 amide bonds. The summed E-state index contributed by atoms with van der Waals surface area (Å²) in [6, 6.07) is 30.3. The molecule has 4 aliphatic carbocycles. The number of hydrogen-bond donors (Lipinski definition) is 0. The van der Waals surface area contributed by atoms with Crippen molar-refractivity contribution in [3.8, 4) is 11.5 Å². The summed E-state index contributed by atoms with van der Waals surface area (Å²) in [5.74, 6) is 2.97.